The molecule has 1 aliphatic heterocycles. The average Bonchev–Trinajstić information content (AvgIpc) is 3.17. The standard InChI is InChI=1S/C26H36N2O4S/c1-18(29)28(21-17-19(12-15-25(2,3)4)33-22(21)24(31)32-6)26(13-8-7-9-14-26)20-11-10-16-27(5)23(20)30/h17,20H,7-11,13-14,16H2,1-6H3/t20-/m1/s1. The molecule has 1 saturated heterocycles. The van der Waals surface area contributed by atoms with Gasteiger partial charge in [0.25, 0.3) is 0 Å². The number of thiophene rings is 1. The van der Waals surface area contributed by atoms with Crippen LogP contribution in [-0.2, 0) is 14.3 Å². The fourth-order valence-corrected chi connectivity index (χ4v) is 6.16. The first-order valence-corrected chi connectivity index (χ1v) is 12.6. The minimum Gasteiger partial charge on any atom is -0.465 e. The maximum atomic E-state index is 13.4. The number of carbonyl (C=O) groups is 3. The highest BCUT2D eigenvalue weighted by molar-refractivity contribution is 7.15. The third-order valence-electron chi connectivity index (χ3n) is 6.67. The fourth-order valence-electron chi connectivity index (χ4n) is 5.24. The van der Waals surface area contributed by atoms with E-state index in [-0.39, 0.29) is 23.1 Å². The molecule has 0 radical (unpaired) electrons. The lowest BCUT2D eigenvalue weighted by atomic mass is 9.68. The quantitative estimate of drug-likeness (QED) is 0.464. The molecular formula is C26H36N2O4S. The zero-order valence-corrected chi connectivity index (χ0v) is 21.6. The van der Waals surface area contributed by atoms with Gasteiger partial charge in [0.2, 0.25) is 11.8 Å². The Morgan fingerprint density at radius 2 is 1.88 bits per heavy atom. The monoisotopic (exact) mass is 472 g/mol. The van der Waals surface area contributed by atoms with E-state index in [4.69, 9.17) is 4.74 Å². The van der Waals surface area contributed by atoms with Crippen molar-refractivity contribution >= 4 is 34.8 Å². The number of esters is 1. The summed E-state index contributed by atoms with van der Waals surface area (Å²) in [5.74, 6) is 5.56. The lowest BCUT2D eigenvalue weighted by molar-refractivity contribution is -0.141. The third kappa shape index (κ3) is 5.27. The molecule has 0 unspecified atom stereocenters. The lowest BCUT2D eigenvalue weighted by Crippen LogP contribution is -2.62. The van der Waals surface area contributed by atoms with E-state index >= 15 is 0 Å². The lowest BCUT2D eigenvalue weighted by Gasteiger charge is -2.52. The van der Waals surface area contributed by atoms with E-state index in [1.807, 2.05) is 33.9 Å². The maximum absolute atomic E-state index is 13.4. The number of carbonyl (C=O) groups excluding carboxylic acids is 3. The van der Waals surface area contributed by atoms with Crippen LogP contribution in [0.2, 0.25) is 0 Å². The van der Waals surface area contributed by atoms with Crippen molar-refractivity contribution in [3.63, 3.8) is 0 Å². The van der Waals surface area contributed by atoms with Gasteiger partial charge in [0, 0.05) is 25.9 Å². The van der Waals surface area contributed by atoms with Crippen LogP contribution in [0.25, 0.3) is 0 Å². The molecule has 1 saturated carbocycles. The summed E-state index contributed by atoms with van der Waals surface area (Å²) in [6.45, 7) is 8.36. The Bertz CT molecular complexity index is 973. The summed E-state index contributed by atoms with van der Waals surface area (Å²) in [4.78, 5) is 44.1. The highest BCUT2D eigenvalue weighted by Crippen LogP contribution is 2.47. The minimum atomic E-state index is -0.644. The molecule has 1 aliphatic carbocycles. The summed E-state index contributed by atoms with van der Waals surface area (Å²) in [6.07, 6.45) is 6.14. The molecule has 1 aromatic heterocycles. The number of hydrogen-bond donors (Lipinski definition) is 0. The van der Waals surface area contributed by atoms with Crippen molar-refractivity contribution in [1.29, 1.82) is 0 Å². The zero-order valence-electron chi connectivity index (χ0n) is 20.7. The van der Waals surface area contributed by atoms with Crippen LogP contribution >= 0.6 is 11.3 Å². The first-order chi connectivity index (χ1) is 15.5. The number of methoxy groups -OCH3 is 1. The van der Waals surface area contributed by atoms with Crippen LogP contribution in [-0.4, -0.2) is 48.9 Å². The normalized spacial score (nSPS) is 20.6. The molecule has 2 fully saturated rings. The van der Waals surface area contributed by atoms with Gasteiger partial charge in [-0.15, -0.1) is 11.3 Å². The van der Waals surface area contributed by atoms with E-state index in [0.717, 1.165) is 51.5 Å². The summed E-state index contributed by atoms with van der Waals surface area (Å²) in [5, 5.41) is 0. The molecule has 0 bridgehead atoms. The van der Waals surface area contributed by atoms with Gasteiger partial charge >= 0.3 is 5.97 Å². The maximum Gasteiger partial charge on any atom is 0.350 e. The van der Waals surface area contributed by atoms with Crippen LogP contribution < -0.4 is 4.90 Å². The Labute approximate surface area is 201 Å². The van der Waals surface area contributed by atoms with Crippen molar-refractivity contribution in [3.05, 3.63) is 15.8 Å². The Hall–Kier alpha value is -2.33. The third-order valence-corrected chi connectivity index (χ3v) is 7.69. The van der Waals surface area contributed by atoms with Gasteiger partial charge in [-0.05, 0) is 52.5 Å². The van der Waals surface area contributed by atoms with E-state index in [1.165, 1.54) is 25.4 Å². The Morgan fingerprint density at radius 1 is 1.21 bits per heavy atom. The van der Waals surface area contributed by atoms with E-state index in [9.17, 15) is 14.4 Å². The van der Waals surface area contributed by atoms with E-state index in [2.05, 4.69) is 11.8 Å². The van der Waals surface area contributed by atoms with Gasteiger partial charge in [0.05, 0.1) is 29.1 Å². The second-order valence-electron chi connectivity index (χ2n) is 10.3. The highest BCUT2D eigenvalue weighted by atomic mass is 32.1. The van der Waals surface area contributed by atoms with E-state index in [0.29, 0.717) is 15.4 Å². The van der Waals surface area contributed by atoms with Crippen molar-refractivity contribution < 1.29 is 19.1 Å². The number of amides is 2. The van der Waals surface area contributed by atoms with Gasteiger partial charge in [0.15, 0.2) is 0 Å². The fraction of sp³-hybridized carbons (Fsp3) is 0.654. The first kappa shape index (κ1) is 25.3. The molecule has 2 aliphatic rings. The molecule has 0 N–H and O–H groups in total. The number of piperidine rings is 1. The van der Waals surface area contributed by atoms with Gasteiger partial charge in [0.1, 0.15) is 4.88 Å². The number of rotatable bonds is 4. The second-order valence-corrected chi connectivity index (χ2v) is 11.3. The zero-order chi connectivity index (χ0) is 24.4. The molecule has 33 heavy (non-hydrogen) atoms. The van der Waals surface area contributed by atoms with Crippen molar-refractivity contribution in [2.24, 2.45) is 11.3 Å². The molecule has 3 rings (SSSR count). The van der Waals surface area contributed by atoms with Gasteiger partial charge in [-0.3, -0.25) is 9.59 Å². The Kier molecular flexibility index (Phi) is 7.58. The van der Waals surface area contributed by atoms with Crippen LogP contribution in [0.4, 0.5) is 5.69 Å². The molecule has 1 aromatic rings. The molecule has 0 aromatic carbocycles. The summed E-state index contributed by atoms with van der Waals surface area (Å²) in [5.41, 5.74) is -0.311. The molecular weight excluding hydrogens is 436 g/mol. The number of hydrogen-bond acceptors (Lipinski definition) is 5. The molecule has 180 valence electrons. The molecule has 6 nitrogen and oxygen atoms in total. The summed E-state index contributed by atoms with van der Waals surface area (Å²) < 4.78 is 5.08. The highest BCUT2D eigenvalue weighted by Gasteiger charge is 2.52. The summed E-state index contributed by atoms with van der Waals surface area (Å²) in [7, 11) is 3.19. The van der Waals surface area contributed by atoms with Crippen molar-refractivity contribution in [1.82, 2.24) is 4.90 Å². The predicted molar refractivity (Wildman–Crippen MR) is 131 cm³/mol. The van der Waals surface area contributed by atoms with Crippen molar-refractivity contribution in [2.45, 2.75) is 78.2 Å². The van der Waals surface area contributed by atoms with Gasteiger partial charge in [-0.25, -0.2) is 4.79 Å². The Balaban J connectivity index is 2.19. The molecule has 2 heterocycles. The molecule has 2 amide bonds. The molecule has 1 atom stereocenters. The van der Waals surface area contributed by atoms with Crippen molar-refractivity contribution in [3.8, 4) is 11.8 Å². The van der Waals surface area contributed by atoms with E-state index in [1.54, 1.807) is 9.80 Å². The van der Waals surface area contributed by atoms with Crippen LogP contribution in [0.1, 0.15) is 87.2 Å². The predicted octanol–water partition coefficient (Wildman–Crippen LogP) is 4.86. The van der Waals surface area contributed by atoms with Crippen LogP contribution in [0.3, 0.4) is 0 Å². The Morgan fingerprint density at radius 3 is 2.45 bits per heavy atom. The number of anilines is 1. The van der Waals surface area contributed by atoms with Gasteiger partial charge < -0.3 is 14.5 Å². The molecule has 0 spiro atoms. The number of likely N-dealkylation sites (tertiary alicyclic amines) is 1. The largest absolute Gasteiger partial charge is 0.465 e. The van der Waals surface area contributed by atoms with Crippen molar-refractivity contribution in [2.75, 3.05) is 25.6 Å². The SMILES string of the molecule is COC(=O)c1sc(C#CC(C)(C)C)cc1N(C(C)=O)C1([C@@H]2CCCN(C)C2=O)CCCCC1. The second kappa shape index (κ2) is 9.89. The molecule has 7 heteroatoms. The smallest absolute Gasteiger partial charge is 0.350 e. The van der Waals surface area contributed by atoms with Crippen LogP contribution in [0.5, 0.6) is 0 Å². The van der Waals surface area contributed by atoms with Crippen LogP contribution in [0, 0.1) is 23.2 Å². The summed E-state index contributed by atoms with van der Waals surface area (Å²) >= 11 is 1.25. The van der Waals surface area contributed by atoms with Gasteiger partial charge in [-0.1, -0.05) is 31.1 Å². The van der Waals surface area contributed by atoms with Gasteiger partial charge in [-0.2, -0.15) is 0 Å². The summed E-state index contributed by atoms with van der Waals surface area (Å²) in [6, 6.07) is 1.84. The number of ether oxygens (including phenoxy) is 1. The first-order valence-electron chi connectivity index (χ1n) is 11.8. The minimum absolute atomic E-state index is 0.0944. The van der Waals surface area contributed by atoms with E-state index < -0.39 is 11.5 Å². The van der Waals surface area contributed by atoms with Crippen LogP contribution in [0.15, 0.2) is 6.07 Å². The topological polar surface area (TPSA) is 66.9 Å². The average molecular weight is 473 g/mol. The number of nitrogens with zero attached hydrogens (tertiary/aromatic N) is 2.